The van der Waals surface area contributed by atoms with E-state index in [9.17, 15) is 102 Å². The van der Waals surface area contributed by atoms with Gasteiger partial charge in [-0.3, -0.25) is 96.5 Å². The molecule has 0 aliphatic rings. The molecule has 17 amide bonds. The number of carbonyl (C=O) groups is 18. The molecular weight excluding hydrogens is 1660 g/mol. The molecule has 0 saturated heterocycles. The van der Waals surface area contributed by atoms with Gasteiger partial charge >= 0.3 is 5.97 Å². The van der Waals surface area contributed by atoms with Gasteiger partial charge in [0.15, 0.2) is 17.9 Å². The Morgan fingerprint density at radius 1 is 0.299 bits per heavy atom. The molecule has 0 aromatic heterocycles. The molecular formula is C79H145N27O21. The molecule has 16 atom stereocenters. The van der Waals surface area contributed by atoms with Crippen molar-refractivity contribution in [3.05, 3.63) is 0 Å². The van der Waals surface area contributed by atoms with E-state index in [1.54, 1.807) is 96.9 Å². The van der Waals surface area contributed by atoms with Gasteiger partial charge in [-0.1, -0.05) is 116 Å². The van der Waals surface area contributed by atoms with Crippen LogP contribution in [0.15, 0.2) is 15.0 Å². The fourth-order valence-corrected chi connectivity index (χ4v) is 12.2. The van der Waals surface area contributed by atoms with E-state index in [0.717, 1.165) is 0 Å². The van der Waals surface area contributed by atoms with E-state index in [0.29, 0.717) is 25.7 Å². The van der Waals surface area contributed by atoms with Crippen molar-refractivity contribution >= 4 is 124 Å². The van der Waals surface area contributed by atoms with Crippen molar-refractivity contribution < 1.29 is 102 Å². The predicted octanol–water partition coefficient (Wildman–Crippen LogP) is -8.72. The molecule has 0 aromatic carbocycles. The highest BCUT2D eigenvalue weighted by molar-refractivity contribution is 6.01. The van der Waals surface area contributed by atoms with Gasteiger partial charge in [-0.2, -0.15) is 0 Å². The second-order valence-corrected chi connectivity index (χ2v) is 32.5. The summed E-state index contributed by atoms with van der Waals surface area (Å²) < 4.78 is 0. The lowest BCUT2D eigenvalue weighted by molar-refractivity contribution is -0.142. The van der Waals surface area contributed by atoms with Crippen LogP contribution in [0.3, 0.4) is 0 Å². The lowest BCUT2D eigenvalue weighted by atomic mass is 9.94. The van der Waals surface area contributed by atoms with Gasteiger partial charge in [0.05, 0.1) is 39.4 Å². The Bertz CT molecular complexity index is 3710. The van der Waals surface area contributed by atoms with Crippen LogP contribution in [0.5, 0.6) is 0 Å². The van der Waals surface area contributed by atoms with Crippen LogP contribution >= 0.6 is 0 Å². The molecule has 0 saturated carbocycles. The minimum absolute atomic E-state index is 0.0255. The van der Waals surface area contributed by atoms with E-state index >= 15 is 0 Å². The molecule has 34 N–H and O–H groups in total. The summed E-state index contributed by atoms with van der Waals surface area (Å²) in [4.78, 5) is 256. The van der Waals surface area contributed by atoms with E-state index in [2.05, 4.69) is 105 Å². The molecule has 0 spiro atoms. The van der Waals surface area contributed by atoms with Crippen molar-refractivity contribution in [2.45, 2.75) is 266 Å². The number of carbonyl (C=O) groups excluding carboxylic acids is 17. The van der Waals surface area contributed by atoms with Gasteiger partial charge in [-0.25, -0.2) is 4.79 Å². The zero-order valence-corrected chi connectivity index (χ0v) is 75.9. The molecule has 0 rings (SSSR count). The Labute approximate surface area is 741 Å². The van der Waals surface area contributed by atoms with Crippen molar-refractivity contribution in [3.63, 3.8) is 0 Å². The number of nitrogens with zero attached hydrogens (tertiary/aromatic N) is 3. The number of hydrogen-bond acceptors (Lipinski definition) is 24. The summed E-state index contributed by atoms with van der Waals surface area (Å²) in [5, 5.41) is 72.7. The minimum Gasteiger partial charge on any atom is -0.480 e. The molecule has 722 valence electrons. The molecule has 0 fully saturated rings. The number of nitrogens with one attached hydrogen (secondary N) is 17. The average molecular weight is 1810 g/mol. The first kappa shape index (κ1) is 115. The number of aliphatic hydroxyl groups is 2. The summed E-state index contributed by atoms with van der Waals surface area (Å²) in [7, 11) is 0. The number of amides is 17. The monoisotopic (exact) mass is 1810 g/mol. The molecule has 0 radical (unpaired) electrons. The number of aliphatic hydroxyl groups excluding tert-OH is 2. The molecule has 127 heavy (non-hydrogen) atoms. The number of unbranched alkanes of at least 4 members (excludes halogenated alkanes) is 1. The summed E-state index contributed by atoms with van der Waals surface area (Å²) in [6, 6.07) is -18.2. The molecule has 0 aliphatic heterocycles. The van der Waals surface area contributed by atoms with Crippen LogP contribution in [0.1, 0.15) is 187 Å². The number of nitrogens with two attached hydrogens (primary N) is 7. The number of carboxylic acid groups (broad SMARTS) is 1. The van der Waals surface area contributed by atoms with Crippen molar-refractivity contribution in [1.82, 2.24) is 90.4 Å². The molecule has 0 aromatic rings. The third-order valence-corrected chi connectivity index (χ3v) is 20.2. The first-order valence-electron chi connectivity index (χ1n) is 42.8. The molecule has 0 aliphatic carbocycles. The topological polar surface area (TPSA) is 792 Å². The van der Waals surface area contributed by atoms with Gasteiger partial charge in [0.25, 0.3) is 0 Å². The summed E-state index contributed by atoms with van der Waals surface area (Å²) in [6.45, 7) is 19.8. The second kappa shape index (κ2) is 61.5. The minimum atomic E-state index is -1.71. The van der Waals surface area contributed by atoms with E-state index in [-0.39, 0.29) is 108 Å². The first-order valence-corrected chi connectivity index (χ1v) is 42.8. The lowest BCUT2D eigenvalue weighted by Gasteiger charge is -2.31. The number of hydrogen-bond donors (Lipinski definition) is 27. The van der Waals surface area contributed by atoms with Crippen molar-refractivity contribution in [2.75, 3.05) is 65.6 Å². The van der Waals surface area contributed by atoms with Gasteiger partial charge in [-0.15, -0.1) is 0 Å². The third kappa shape index (κ3) is 46.3. The molecule has 0 unspecified atom stereocenters. The SMILES string of the molecule is CC[C@H](C)[C@H](NC(=O)[C@H](CCCN=C(N)N)NC(=O)CNC(=O)[C@@H](NC(=O)[C@@H](NC(=O)[C@@H](NC(=O)[C@@H](NC(=O)[C@H](CO)NC(=O)CNC(=O)CNC(=O)[C@H](CCCN=C(N)N)NC(C)=O)C(C)C)C(C)C)[C@@H](C)CC)C(C)C)C(=O)N[C@H](C(=O)N[C@@H](CC(C)C)C(=O)N[C@@H](CO)C(=O)NCC(=O)N[C@@H](CCCN=C(N)N)C(=O)N[C@@H](CCCCN)C(=O)O)[C@@H](C)CC. The fourth-order valence-electron chi connectivity index (χ4n) is 12.2. The standard InChI is InChI=1S/C79H145N27O21/c1-16-43(12)61(73(123)99-51(32-39(4)5)68(118)100-52(37-107)65(115)92-35-56(112)95-48(26-22-30-88-78(83)84)66(116)98-50(76(126)127)24-19-20-28-80)106-75(125)62(44(13)17-2)104-67(117)49(27-23-31-89-79(85)86)96-57(113)36-93-70(120)58(40(6)7)102-74(124)63(45(14)18-3)105-72(122)60(42(10)11)103-71(121)59(41(8)9)101-69(119)53(38-108)97-55(111)34-90-54(110)33-91-64(114)47(94-46(15)109)25-21-29-87-77(81)82/h39-45,47-53,58-63,107-108H,16-38,80H2,1-15H3,(H,90,110)(H,91,114)(H,92,115)(H,93,120)(H,94,109)(H,95,112)(H,96,113)(H,97,111)(H,98,116)(H,99,123)(H,100,118)(H,101,119)(H,102,124)(H,103,121)(H,104,117)(H,105,122)(H,106,125)(H,126,127)(H4,81,82,87)(H4,83,84,88)(H4,85,86,89)/t43-,44-,45-,47-,48-,49-,50-,51-,52-,53-,58-,59-,60-,61-,62-,63-/m0/s1. The van der Waals surface area contributed by atoms with Crippen LogP contribution in [0.4, 0.5) is 0 Å². The van der Waals surface area contributed by atoms with Crippen LogP contribution in [-0.4, -0.2) is 284 Å². The van der Waals surface area contributed by atoms with Crippen LogP contribution in [0.25, 0.3) is 0 Å². The Hall–Kier alpha value is -11.8. The summed E-state index contributed by atoms with van der Waals surface area (Å²) in [5.74, 6) is -21.1. The number of carboxylic acids is 1. The van der Waals surface area contributed by atoms with E-state index < -0.39 is 260 Å². The molecule has 48 heteroatoms. The van der Waals surface area contributed by atoms with Crippen LogP contribution in [0.2, 0.25) is 0 Å². The van der Waals surface area contributed by atoms with Crippen molar-refractivity contribution in [2.24, 2.45) is 96.5 Å². The van der Waals surface area contributed by atoms with Gasteiger partial charge < -0.3 is 146 Å². The van der Waals surface area contributed by atoms with Crippen molar-refractivity contribution in [1.29, 1.82) is 0 Å². The number of aliphatic carboxylic acids is 1. The highest BCUT2D eigenvalue weighted by atomic mass is 16.4. The zero-order valence-electron chi connectivity index (χ0n) is 75.9. The smallest absolute Gasteiger partial charge is 0.326 e. The van der Waals surface area contributed by atoms with Crippen LogP contribution in [-0.2, 0) is 86.3 Å². The van der Waals surface area contributed by atoms with E-state index in [4.69, 9.17) is 40.1 Å². The molecule has 0 bridgehead atoms. The quantitative estimate of drug-likeness (QED) is 0.0153. The largest absolute Gasteiger partial charge is 0.480 e. The van der Waals surface area contributed by atoms with Gasteiger partial charge in [0.2, 0.25) is 100 Å². The molecule has 0 heterocycles. The highest BCUT2D eigenvalue weighted by Gasteiger charge is 2.40. The normalized spacial score (nSPS) is 14.9. The Morgan fingerprint density at radius 3 is 0.937 bits per heavy atom. The number of aliphatic imine (C=N–C) groups is 3. The maximum atomic E-state index is 14.6. The third-order valence-electron chi connectivity index (χ3n) is 20.2. The maximum absolute atomic E-state index is 14.6. The van der Waals surface area contributed by atoms with E-state index in [1.165, 1.54) is 6.92 Å². The molecule has 48 nitrogen and oxygen atoms in total. The lowest BCUT2D eigenvalue weighted by Crippen LogP contribution is -2.62. The zero-order chi connectivity index (χ0) is 97.1. The highest BCUT2D eigenvalue weighted by Crippen LogP contribution is 2.18. The Balaban J connectivity index is 6.60. The second-order valence-electron chi connectivity index (χ2n) is 32.5. The summed E-state index contributed by atoms with van der Waals surface area (Å²) >= 11 is 0. The Morgan fingerprint density at radius 2 is 0.575 bits per heavy atom. The summed E-state index contributed by atoms with van der Waals surface area (Å²) in [5.41, 5.74) is 38.2. The first-order chi connectivity index (χ1) is 59.5. The summed E-state index contributed by atoms with van der Waals surface area (Å²) in [6.07, 6.45) is 2.13. The van der Waals surface area contributed by atoms with Gasteiger partial charge in [0.1, 0.15) is 78.5 Å². The number of rotatable bonds is 63. The van der Waals surface area contributed by atoms with Gasteiger partial charge in [-0.05, 0) is 112 Å². The maximum Gasteiger partial charge on any atom is 0.326 e. The van der Waals surface area contributed by atoms with Crippen LogP contribution < -0.4 is 131 Å². The number of guanidine groups is 3. The van der Waals surface area contributed by atoms with Crippen molar-refractivity contribution in [3.8, 4) is 0 Å². The van der Waals surface area contributed by atoms with Crippen LogP contribution in [0, 0.1) is 41.4 Å². The average Bonchev–Trinajstić information content (AvgIpc) is 0.840. The Kier molecular flexibility index (Phi) is 55.8. The predicted molar refractivity (Wildman–Crippen MR) is 470 cm³/mol. The van der Waals surface area contributed by atoms with Gasteiger partial charge in [0, 0.05) is 26.6 Å². The fraction of sp³-hybridized carbons (Fsp3) is 0.734. The van der Waals surface area contributed by atoms with E-state index in [1.807, 2.05) is 0 Å².